The van der Waals surface area contributed by atoms with Crippen LogP contribution in [0.25, 0.3) is 10.9 Å². The van der Waals surface area contributed by atoms with E-state index in [0.717, 1.165) is 0 Å². The zero-order valence-electron chi connectivity index (χ0n) is 8.31. The Morgan fingerprint density at radius 1 is 1.40 bits per heavy atom. The summed E-state index contributed by atoms with van der Waals surface area (Å²) >= 11 is 5.75. The molecule has 2 nitrogen and oxygen atoms in total. The standard InChI is InChI=1S/C11H9ClFNO/c1-5-4-14-10-6(2)9(12)8(13)3-7(10)11(5)15/h3-4H,1-2H3,(H,14,15). The molecular formula is C11H9ClFNO. The van der Waals surface area contributed by atoms with Crippen LogP contribution >= 0.6 is 11.6 Å². The summed E-state index contributed by atoms with van der Waals surface area (Å²) in [7, 11) is 0. The monoisotopic (exact) mass is 225 g/mol. The van der Waals surface area contributed by atoms with Gasteiger partial charge in [0.1, 0.15) is 11.6 Å². The van der Waals surface area contributed by atoms with E-state index in [1.54, 1.807) is 20.0 Å². The first-order valence-electron chi connectivity index (χ1n) is 4.45. The van der Waals surface area contributed by atoms with Gasteiger partial charge < -0.3 is 5.11 Å². The van der Waals surface area contributed by atoms with Gasteiger partial charge >= 0.3 is 0 Å². The minimum Gasteiger partial charge on any atom is -0.507 e. The van der Waals surface area contributed by atoms with Crippen molar-refractivity contribution >= 4 is 22.5 Å². The lowest BCUT2D eigenvalue weighted by Gasteiger charge is -2.08. The van der Waals surface area contributed by atoms with Gasteiger partial charge in [0.2, 0.25) is 0 Å². The Hall–Kier alpha value is -1.35. The van der Waals surface area contributed by atoms with Crippen molar-refractivity contribution < 1.29 is 9.50 Å². The molecule has 0 saturated heterocycles. The molecule has 0 aliphatic carbocycles. The SMILES string of the molecule is Cc1cnc2c(C)c(Cl)c(F)cc2c1O. The number of halogens is 2. The van der Waals surface area contributed by atoms with Gasteiger partial charge in [-0.15, -0.1) is 0 Å². The Morgan fingerprint density at radius 2 is 2.07 bits per heavy atom. The van der Waals surface area contributed by atoms with Crippen molar-refractivity contribution in [2.24, 2.45) is 0 Å². The van der Waals surface area contributed by atoms with Crippen molar-refractivity contribution in [3.05, 3.63) is 34.2 Å². The first-order chi connectivity index (χ1) is 7.02. The van der Waals surface area contributed by atoms with Crippen molar-refractivity contribution in [3.8, 4) is 5.75 Å². The smallest absolute Gasteiger partial charge is 0.142 e. The van der Waals surface area contributed by atoms with Gasteiger partial charge in [-0.3, -0.25) is 4.98 Å². The third-order valence-corrected chi connectivity index (χ3v) is 2.90. The van der Waals surface area contributed by atoms with Crippen LogP contribution in [0.3, 0.4) is 0 Å². The third kappa shape index (κ3) is 1.43. The van der Waals surface area contributed by atoms with Gasteiger partial charge in [0.05, 0.1) is 10.5 Å². The van der Waals surface area contributed by atoms with E-state index >= 15 is 0 Å². The largest absolute Gasteiger partial charge is 0.507 e. The molecule has 1 aromatic heterocycles. The van der Waals surface area contributed by atoms with Crippen molar-refractivity contribution in [3.63, 3.8) is 0 Å². The minimum atomic E-state index is -0.538. The zero-order valence-corrected chi connectivity index (χ0v) is 9.06. The van der Waals surface area contributed by atoms with Crippen LogP contribution in [-0.2, 0) is 0 Å². The highest BCUT2D eigenvalue weighted by Gasteiger charge is 2.12. The first kappa shape index (κ1) is 10.2. The molecule has 0 fully saturated rings. The Bertz CT molecular complexity index is 554. The Kier molecular flexibility index (Phi) is 2.27. The van der Waals surface area contributed by atoms with Crippen LogP contribution < -0.4 is 0 Å². The quantitative estimate of drug-likeness (QED) is 0.746. The lowest BCUT2D eigenvalue weighted by atomic mass is 10.1. The lowest BCUT2D eigenvalue weighted by Crippen LogP contribution is -1.90. The second-order valence-electron chi connectivity index (χ2n) is 3.48. The molecule has 4 heteroatoms. The third-order valence-electron chi connectivity index (χ3n) is 2.44. The van der Waals surface area contributed by atoms with Crippen LogP contribution in [0.2, 0.25) is 5.02 Å². The molecule has 1 N–H and O–H groups in total. The zero-order chi connectivity index (χ0) is 11.2. The second-order valence-corrected chi connectivity index (χ2v) is 3.86. The number of fused-ring (bicyclic) bond motifs is 1. The number of benzene rings is 1. The number of aromatic nitrogens is 1. The number of rotatable bonds is 0. The molecule has 0 spiro atoms. The lowest BCUT2D eigenvalue weighted by molar-refractivity contribution is 0.476. The normalized spacial score (nSPS) is 10.9. The molecule has 0 aliphatic heterocycles. The van der Waals surface area contributed by atoms with E-state index in [1.807, 2.05) is 0 Å². The minimum absolute atomic E-state index is 0.0539. The fourth-order valence-corrected chi connectivity index (χ4v) is 1.67. The van der Waals surface area contributed by atoms with E-state index in [4.69, 9.17) is 11.6 Å². The maximum atomic E-state index is 13.4. The average Bonchev–Trinajstić information content (AvgIpc) is 2.21. The number of hydrogen-bond acceptors (Lipinski definition) is 2. The van der Waals surface area contributed by atoms with Gasteiger partial charge in [0.25, 0.3) is 0 Å². The maximum Gasteiger partial charge on any atom is 0.142 e. The fraction of sp³-hybridized carbons (Fsp3) is 0.182. The van der Waals surface area contributed by atoms with Gasteiger partial charge in [-0.1, -0.05) is 11.6 Å². The van der Waals surface area contributed by atoms with Gasteiger partial charge in [-0.05, 0) is 25.5 Å². The van der Waals surface area contributed by atoms with E-state index < -0.39 is 5.82 Å². The van der Waals surface area contributed by atoms with E-state index in [2.05, 4.69) is 4.98 Å². The number of pyridine rings is 1. The summed E-state index contributed by atoms with van der Waals surface area (Å²) in [5.41, 5.74) is 1.69. The number of nitrogens with zero attached hydrogens (tertiary/aromatic N) is 1. The molecule has 2 aromatic rings. The molecule has 0 amide bonds. The predicted octanol–water partition coefficient (Wildman–Crippen LogP) is 3.35. The van der Waals surface area contributed by atoms with Crippen LogP contribution in [0.5, 0.6) is 5.75 Å². The van der Waals surface area contributed by atoms with Crippen LogP contribution in [-0.4, -0.2) is 10.1 Å². The summed E-state index contributed by atoms with van der Waals surface area (Å²) in [6.45, 7) is 3.39. The highest BCUT2D eigenvalue weighted by Crippen LogP contribution is 2.33. The average molecular weight is 226 g/mol. The summed E-state index contributed by atoms with van der Waals surface area (Å²) in [4.78, 5) is 4.13. The summed E-state index contributed by atoms with van der Waals surface area (Å²) in [5, 5.41) is 10.2. The van der Waals surface area contributed by atoms with Crippen molar-refractivity contribution in [1.82, 2.24) is 4.98 Å². The summed E-state index contributed by atoms with van der Waals surface area (Å²) in [6.07, 6.45) is 1.54. The Morgan fingerprint density at radius 3 is 2.73 bits per heavy atom. The Balaban J connectivity index is 2.98. The van der Waals surface area contributed by atoms with E-state index in [1.165, 1.54) is 6.07 Å². The molecule has 0 aliphatic rings. The molecule has 78 valence electrons. The molecule has 2 rings (SSSR count). The Labute approximate surface area is 91.3 Å². The van der Waals surface area contributed by atoms with Gasteiger partial charge in [0, 0.05) is 17.1 Å². The van der Waals surface area contributed by atoms with Crippen molar-refractivity contribution in [2.45, 2.75) is 13.8 Å². The molecule has 15 heavy (non-hydrogen) atoms. The second kappa shape index (κ2) is 3.35. The molecule has 0 radical (unpaired) electrons. The first-order valence-corrected chi connectivity index (χ1v) is 4.83. The van der Waals surface area contributed by atoms with E-state index in [-0.39, 0.29) is 10.8 Å². The molecule has 1 heterocycles. The van der Waals surface area contributed by atoms with Crippen LogP contribution in [0.15, 0.2) is 12.3 Å². The number of aromatic hydroxyl groups is 1. The predicted molar refractivity (Wildman–Crippen MR) is 57.8 cm³/mol. The molecular weight excluding hydrogens is 217 g/mol. The van der Waals surface area contributed by atoms with E-state index in [9.17, 15) is 9.50 Å². The maximum absolute atomic E-state index is 13.4. The molecule has 0 saturated carbocycles. The van der Waals surface area contributed by atoms with Crippen LogP contribution in [0, 0.1) is 19.7 Å². The highest BCUT2D eigenvalue weighted by molar-refractivity contribution is 6.32. The highest BCUT2D eigenvalue weighted by atomic mass is 35.5. The summed E-state index contributed by atoms with van der Waals surface area (Å²) in [6, 6.07) is 1.21. The molecule has 0 bridgehead atoms. The molecule has 0 unspecified atom stereocenters. The number of aryl methyl sites for hydroxylation is 2. The molecule has 0 atom stereocenters. The van der Waals surface area contributed by atoms with Crippen LogP contribution in [0.4, 0.5) is 4.39 Å². The summed E-state index contributed by atoms with van der Waals surface area (Å²) in [5.74, 6) is -0.483. The summed E-state index contributed by atoms with van der Waals surface area (Å²) < 4.78 is 13.4. The van der Waals surface area contributed by atoms with Gasteiger partial charge in [-0.2, -0.15) is 0 Å². The van der Waals surface area contributed by atoms with Gasteiger partial charge in [-0.25, -0.2) is 4.39 Å². The van der Waals surface area contributed by atoms with Crippen LogP contribution in [0.1, 0.15) is 11.1 Å². The van der Waals surface area contributed by atoms with Crippen molar-refractivity contribution in [1.29, 1.82) is 0 Å². The number of hydrogen-bond donors (Lipinski definition) is 1. The van der Waals surface area contributed by atoms with E-state index in [0.29, 0.717) is 22.0 Å². The topological polar surface area (TPSA) is 33.1 Å². The van der Waals surface area contributed by atoms with Crippen molar-refractivity contribution in [2.75, 3.05) is 0 Å². The fourth-order valence-electron chi connectivity index (χ4n) is 1.53. The molecule has 1 aromatic carbocycles. The van der Waals surface area contributed by atoms with Gasteiger partial charge in [0.15, 0.2) is 0 Å².